The molecule has 0 saturated carbocycles. The normalized spacial score (nSPS) is 15.7. The van der Waals surface area contributed by atoms with Crippen LogP contribution in [0.15, 0.2) is 48.5 Å². The van der Waals surface area contributed by atoms with Crippen LogP contribution in [0.2, 0.25) is 0 Å². The van der Waals surface area contributed by atoms with E-state index >= 15 is 0 Å². The molecule has 1 atom stereocenters. The molecule has 1 aliphatic heterocycles. The van der Waals surface area contributed by atoms with Crippen molar-refractivity contribution >= 4 is 23.5 Å². The van der Waals surface area contributed by atoms with Crippen LogP contribution >= 0.6 is 0 Å². The average Bonchev–Trinajstić information content (AvgIpc) is 3.07. The molecule has 8 heteroatoms. The van der Waals surface area contributed by atoms with Crippen LogP contribution in [-0.2, 0) is 4.79 Å². The number of amides is 4. The Morgan fingerprint density at radius 1 is 1.15 bits per heavy atom. The highest BCUT2D eigenvalue weighted by Crippen LogP contribution is 2.23. The fourth-order valence-corrected chi connectivity index (χ4v) is 2.68. The van der Waals surface area contributed by atoms with Crippen molar-refractivity contribution in [2.45, 2.75) is 6.42 Å². The molecule has 0 spiro atoms. The summed E-state index contributed by atoms with van der Waals surface area (Å²) in [6, 6.07) is 13.0. The number of nitrogens with one attached hydrogen (secondary N) is 3. The van der Waals surface area contributed by atoms with Crippen molar-refractivity contribution in [2.24, 2.45) is 11.7 Å². The SMILES string of the molecule is NC(=O)c1cccc(Oc2ccc(NC(=O)NCC3CNC(=O)C3)cc2)c1. The van der Waals surface area contributed by atoms with Crippen LogP contribution in [0.4, 0.5) is 10.5 Å². The van der Waals surface area contributed by atoms with E-state index in [1.807, 2.05) is 0 Å². The summed E-state index contributed by atoms with van der Waals surface area (Å²) < 4.78 is 5.68. The lowest BCUT2D eigenvalue weighted by Gasteiger charge is -2.11. The maximum Gasteiger partial charge on any atom is 0.319 e. The molecule has 27 heavy (non-hydrogen) atoms. The van der Waals surface area contributed by atoms with Crippen LogP contribution in [0.1, 0.15) is 16.8 Å². The second-order valence-electron chi connectivity index (χ2n) is 6.23. The predicted molar refractivity (Wildman–Crippen MR) is 99.6 cm³/mol. The first-order valence-electron chi connectivity index (χ1n) is 8.49. The summed E-state index contributed by atoms with van der Waals surface area (Å²) in [4.78, 5) is 34.3. The van der Waals surface area contributed by atoms with Gasteiger partial charge in [-0.2, -0.15) is 0 Å². The smallest absolute Gasteiger partial charge is 0.319 e. The number of anilines is 1. The van der Waals surface area contributed by atoms with Crippen molar-refractivity contribution in [3.05, 3.63) is 54.1 Å². The highest BCUT2D eigenvalue weighted by molar-refractivity contribution is 5.93. The molecule has 5 N–H and O–H groups in total. The van der Waals surface area contributed by atoms with Crippen LogP contribution in [0.5, 0.6) is 11.5 Å². The minimum Gasteiger partial charge on any atom is -0.457 e. The highest BCUT2D eigenvalue weighted by atomic mass is 16.5. The zero-order chi connectivity index (χ0) is 19.2. The number of carbonyl (C=O) groups is 3. The summed E-state index contributed by atoms with van der Waals surface area (Å²) in [5.74, 6) is 0.653. The molecule has 1 aliphatic rings. The van der Waals surface area contributed by atoms with Gasteiger partial charge in [0.25, 0.3) is 0 Å². The van der Waals surface area contributed by atoms with E-state index in [1.165, 1.54) is 0 Å². The minimum atomic E-state index is -0.524. The maximum atomic E-state index is 11.9. The molecule has 2 aromatic rings. The third kappa shape index (κ3) is 5.21. The van der Waals surface area contributed by atoms with Crippen LogP contribution in [0, 0.1) is 5.92 Å². The quantitative estimate of drug-likeness (QED) is 0.621. The Morgan fingerprint density at radius 2 is 1.93 bits per heavy atom. The van der Waals surface area contributed by atoms with Gasteiger partial charge >= 0.3 is 6.03 Å². The molecule has 1 fully saturated rings. The van der Waals surface area contributed by atoms with E-state index in [4.69, 9.17) is 10.5 Å². The minimum absolute atomic E-state index is 0.0131. The lowest BCUT2D eigenvalue weighted by Crippen LogP contribution is -2.33. The Bertz CT molecular complexity index is 851. The second kappa shape index (κ2) is 8.22. The van der Waals surface area contributed by atoms with Gasteiger partial charge in [-0.1, -0.05) is 6.07 Å². The van der Waals surface area contributed by atoms with E-state index in [9.17, 15) is 14.4 Å². The topological polar surface area (TPSA) is 123 Å². The molecule has 2 aromatic carbocycles. The largest absolute Gasteiger partial charge is 0.457 e. The summed E-state index contributed by atoms with van der Waals surface area (Å²) in [6.07, 6.45) is 0.434. The molecular weight excluding hydrogens is 348 g/mol. The fraction of sp³-hybridized carbons (Fsp3) is 0.211. The number of nitrogens with two attached hydrogens (primary N) is 1. The van der Waals surface area contributed by atoms with E-state index in [-0.39, 0.29) is 17.9 Å². The van der Waals surface area contributed by atoms with Crippen molar-refractivity contribution in [1.82, 2.24) is 10.6 Å². The Kier molecular flexibility index (Phi) is 5.55. The summed E-state index contributed by atoms with van der Waals surface area (Å²) in [7, 11) is 0. The number of benzene rings is 2. The van der Waals surface area contributed by atoms with Gasteiger partial charge in [0.15, 0.2) is 0 Å². The Balaban J connectivity index is 1.51. The van der Waals surface area contributed by atoms with Crippen LogP contribution in [-0.4, -0.2) is 30.9 Å². The summed E-state index contributed by atoms with van der Waals surface area (Å²) in [5, 5.41) is 8.20. The number of urea groups is 1. The van der Waals surface area contributed by atoms with E-state index in [0.717, 1.165) is 0 Å². The molecule has 1 saturated heterocycles. The molecule has 4 amide bonds. The lowest BCUT2D eigenvalue weighted by molar-refractivity contribution is -0.119. The molecule has 0 bridgehead atoms. The van der Waals surface area contributed by atoms with E-state index < -0.39 is 5.91 Å². The molecule has 0 radical (unpaired) electrons. The van der Waals surface area contributed by atoms with Crippen molar-refractivity contribution in [2.75, 3.05) is 18.4 Å². The molecular formula is C19H20N4O4. The number of hydrogen-bond donors (Lipinski definition) is 4. The standard InChI is InChI=1S/C19H20N4O4/c20-18(25)13-2-1-3-16(9-13)27-15-6-4-14(5-7-15)23-19(26)22-11-12-8-17(24)21-10-12/h1-7,9,12H,8,10-11H2,(H2,20,25)(H,21,24)(H2,22,23,26). The summed E-state index contributed by atoms with van der Waals surface area (Å²) in [6.45, 7) is 1.02. The van der Waals surface area contributed by atoms with Gasteiger partial charge in [0.1, 0.15) is 11.5 Å². The molecule has 8 nitrogen and oxygen atoms in total. The van der Waals surface area contributed by atoms with Crippen LogP contribution in [0.25, 0.3) is 0 Å². The van der Waals surface area contributed by atoms with Crippen LogP contribution in [0.3, 0.4) is 0 Å². The number of ether oxygens (including phenoxy) is 1. The van der Waals surface area contributed by atoms with E-state index in [2.05, 4.69) is 16.0 Å². The van der Waals surface area contributed by atoms with Gasteiger partial charge in [0.05, 0.1) is 0 Å². The van der Waals surface area contributed by atoms with Gasteiger partial charge in [0.2, 0.25) is 11.8 Å². The molecule has 0 aliphatic carbocycles. The van der Waals surface area contributed by atoms with E-state index in [1.54, 1.807) is 48.5 Å². The van der Waals surface area contributed by atoms with Gasteiger partial charge < -0.3 is 26.4 Å². The average molecular weight is 368 g/mol. The third-order valence-corrected chi connectivity index (χ3v) is 4.08. The number of rotatable bonds is 6. The van der Waals surface area contributed by atoms with E-state index in [0.29, 0.717) is 42.3 Å². The zero-order valence-electron chi connectivity index (χ0n) is 14.5. The number of hydrogen-bond acceptors (Lipinski definition) is 4. The first kappa shape index (κ1) is 18.2. The fourth-order valence-electron chi connectivity index (χ4n) is 2.68. The summed E-state index contributed by atoms with van der Waals surface area (Å²) >= 11 is 0. The van der Waals surface area contributed by atoms with Gasteiger partial charge in [-0.3, -0.25) is 9.59 Å². The molecule has 0 aromatic heterocycles. The third-order valence-electron chi connectivity index (χ3n) is 4.08. The van der Waals surface area contributed by atoms with Crippen molar-refractivity contribution in [1.29, 1.82) is 0 Å². The number of primary amides is 1. The number of carbonyl (C=O) groups excluding carboxylic acids is 3. The van der Waals surface area contributed by atoms with Gasteiger partial charge in [-0.25, -0.2) is 4.79 Å². The Hall–Kier alpha value is -3.55. The molecule has 140 valence electrons. The first-order valence-corrected chi connectivity index (χ1v) is 8.49. The lowest BCUT2D eigenvalue weighted by atomic mass is 10.1. The Morgan fingerprint density at radius 3 is 2.59 bits per heavy atom. The van der Waals surface area contributed by atoms with Crippen molar-refractivity contribution < 1.29 is 19.1 Å². The molecule has 1 unspecified atom stereocenters. The maximum absolute atomic E-state index is 11.9. The molecule has 1 heterocycles. The monoisotopic (exact) mass is 368 g/mol. The molecule has 3 rings (SSSR count). The van der Waals surface area contributed by atoms with Crippen molar-refractivity contribution in [3.8, 4) is 11.5 Å². The highest BCUT2D eigenvalue weighted by Gasteiger charge is 2.21. The second-order valence-corrected chi connectivity index (χ2v) is 6.23. The van der Waals surface area contributed by atoms with Gasteiger partial charge in [0, 0.05) is 36.7 Å². The first-order chi connectivity index (χ1) is 13.0. The Labute approximate surface area is 156 Å². The van der Waals surface area contributed by atoms with Crippen LogP contribution < -0.4 is 26.4 Å². The zero-order valence-corrected chi connectivity index (χ0v) is 14.5. The van der Waals surface area contributed by atoms with Gasteiger partial charge in [-0.15, -0.1) is 0 Å². The van der Waals surface area contributed by atoms with Gasteiger partial charge in [-0.05, 0) is 42.5 Å². The van der Waals surface area contributed by atoms with Crippen molar-refractivity contribution in [3.63, 3.8) is 0 Å². The predicted octanol–water partition coefficient (Wildman–Crippen LogP) is 1.84. The summed E-state index contributed by atoms with van der Waals surface area (Å²) in [5.41, 5.74) is 6.22.